The number of fused-ring (bicyclic) bond motifs is 1. The van der Waals surface area contributed by atoms with Crippen molar-refractivity contribution in [2.45, 2.75) is 39.9 Å². The lowest BCUT2D eigenvalue weighted by atomic mass is 9.93. The highest BCUT2D eigenvalue weighted by atomic mass is 32.2. The number of rotatable bonds is 6. The molecule has 3 rings (SSSR count). The fourth-order valence-corrected chi connectivity index (χ4v) is 4.64. The molecule has 0 radical (unpaired) electrons. The Kier molecular flexibility index (Phi) is 5.89. The molecule has 1 N–H and O–H groups in total. The van der Waals surface area contributed by atoms with Gasteiger partial charge >= 0.3 is 0 Å². The van der Waals surface area contributed by atoms with Gasteiger partial charge < -0.3 is 9.64 Å². The van der Waals surface area contributed by atoms with Crippen molar-refractivity contribution < 1.29 is 17.9 Å². The first-order valence-electron chi connectivity index (χ1n) is 9.77. The largest absolute Gasteiger partial charge is 0.490 e. The normalized spacial score (nSPS) is 16.0. The standard InChI is InChI=1S/C22H28N2O4S/c1-5-12-24-19-13-18(10-11-20(19)28-15-22(3,4)21(24)25)23-29(26,27)14-17-9-7-6-8-16(17)2/h6-11,13,23H,5,12,14-15H2,1-4H3. The number of anilines is 2. The molecule has 0 fully saturated rings. The Hall–Kier alpha value is -2.54. The molecule has 7 heteroatoms. The van der Waals surface area contributed by atoms with E-state index in [1.807, 2.05) is 52.0 Å². The van der Waals surface area contributed by atoms with E-state index in [-0.39, 0.29) is 18.3 Å². The predicted molar refractivity (Wildman–Crippen MR) is 116 cm³/mol. The Morgan fingerprint density at radius 3 is 2.59 bits per heavy atom. The van der Waals surface area contributed by atoms with Crippen LogP contribution in [-0.2, 0) is 20.6 Å². The molecule has 0 bridgehead atoms. The number of hydrogen-bond acceptors (Lipinski definition) is 4. The molecule has 1 heterocycles. The van der Waals surface area contributed by atoms with Gasteiger partial charge in [0.25, 0.3) is 0 Å². The molecule has 0 saturated heterocycles. The number of benzene rings is 2. The van der Waals surface area contributed by atoms with E-state index in [0.717, 1.165) is 17.5 Å². The van der Waals surface area contributed by atoms with Crippen LogP contribution in [0.15, 0.2) is 42.5 Å². The molecule has 0 spiro atoms. The van der Waals surface area contributed by atoms with E-state index in [2.05, 4.69) is 4.72 Å². The van der Waals surface area contributed by atoms with E-state index in [4.69, 9.17) is 4.74 Å². The summed E-state index contributed by atoms with van der Waals surface area (Å²) in [5.41, 5.74) is 2.03. The van der Waals surface area contributed by atoms with Crippen LogP contribution >= 0.6 is 0 Å². The van der Waals surface area contributed by atoms with E-state index in [0.29, 0.717) is 23.7 Å². The summed E-state index contributed by atoms with van der Waals surface area (Å²) < 4.78 is 33.9. The maximum Gasteiger partial charge on any atom is 0.236 e. The van der Waals surface area contributed by atoms with Gasteiger partial charge in [-0.05, 0) is 56.5 Å². The van der Waals surface area contributed by atoms with Gasteiger partial charge in [-0.15, -0.1) is 0 Å². The Labute approximate surface area is 172 Å². The summed E-state index contributed by atoms with van der Waals surface area (Å²) in [6.07, 6.45) is 0.782. The first kappa shape index (κ1) is 21.2. The van der Waals surface area contributed by atoms with Gasteiger partial charge in [-0.3, -0.25) is 9.52 Å². The van der Waals surface area contributed by atoms with Gasteiger partial charge in [-0.25, -0.2) is 8.42 Å². The number of ether oxygens (including phenoxy) is 1. The zero-order valence-electron chi connectivity index (χ0n) is 17.4. The van der Waals surface area contributed by atoms with E-state index in [1.54, 1.807) is 23.1 Å². The van der Waals surface area contributed by atoms with Gasteiger partial charge in [0, 0.05) is 6.54 Å². The Balaban J connectivity index is 1.91. The number of carbonyl (C=O) groups excluding carboxylic acids is 1. The lowest BCUT2D eigenvalue weighted by molar-refractivity contribution is -0.127. The number of carbonyl (C=O) groups is 1. The molecule has 0 unspecified atom stereocenters. The molecular formula is C22H28N2O4S. The highest BCUT2D eigenvalue weighted by Gasteiger charge is 2.37. The van der Waals surface area contributed by atoms with Crippen LogP contribution in [0.2, 0.25) is 0 Å². The third-order valence-corrected chi connectivity index (χ3v) is 6.23. The molecule has 0 saturated carbocycles. The molecule has 2 aromatic carbocycles. The SMILES string of the molecule is CCCN1C(=O)C(C)(C)COc2ccc(NS(=O)(=O)Cc3ccccc3C)cc21. The molecule has 0 aromatic heterocycles. The molecule has 29 heavy (non-hydrogen) atoms. The van der Waals surface area contributed by atoms with Crippen LogP contribution in [0.4, 0.5) is 11.4 Å². The van der Waals surface area contributed by atoms with Crippen LogP contribution in [0.3, 0.4) is 0 Å². The first-order valence-corrected chi connectivity index (χ1v) is 11.4. The van der Waals surface area contributed by atoms with Crippen LogP contribution in [0.25, 0.3) is 0 Å². The summed E-state index contributed by atoms with van der Waals surface area (Å²) in [7, 11) is -3.61. The number of amides is 1. The molecule has 2 aromatic rings. The minimum Gasteiger partial charge on any atom is -0.490 e. The number of nitrogens with one attached hydrogen (secondary N) is 1. The molecule has 156 valence electrons. The molecule has 1 aliphatic rings. The van der Waals surface area contributed by atoms with Gasteiger partial charge in [-0.2, -0.15) is 0 Å². The molecule has 1 aliphatic heterocycles. The first-order chi connectivity index (χ1) is 13.6. The summed E-state index contributed by atoms with van der Waals surface area (Å²) in [4.78, 5) is 14.7. The number of sulfonamides is 1. The predicted octanol–water partition coefficient (Wildman–Crippen LogP) is 4.10. The lowest BCUT2D eigenvalue weighted by Crippen LogP contribution is -2.42. The van der Waals surface area contributed by atoms with E-state index in [9.17, 15) is 13.2 Å². The second-order valence-corrected chi connectivity index (χ2v) is 9.82. The molecular weight excluding hydrogens is 388 g/mol. The number of hydrogen-bond donors (Lipinski definition) is 1. The maximum atomic E-state index is 13.0. The Morgan fingerprint density at radius 1 is 1.17 bits per heavy atom. The van der Waals surface area contributed by atoms with E-state index < -0.39 is 15.4 Å². The zero-order valence-corrected chi connectivity index (χ0v) is 18.2. The minimum atomic E-state index is -3.61. The summed E-state index contributed by atoms with van der Waals surface area (Å²) in [6.45, 7) is 8.42. The molecule has 6 nitrogen and oxygen atoms in total. The van der Waals surface area contributed by atoms with Crippen molar-refractivity contribution in [2.24, 2.45) is 5.41 Å². The van der Waals surface area contributed by atoms with Crippen molar-refractivity contribution >= 4 is 27.3 Å². The summed E-state index contributed by atoms with van der Waals surface area (Å²) in [5.74, 6) is 0.440. The molecule has 0 aliphatic carbocycles. The fourth-order valence-electron chi connectivity index (χ4n) is 3.35. The number of nitrogens with zero attached hydrogens (tertiary/aromatic N) is 1. The van der Waals surface area contributed by atoms with Crippen LogP contribution in [0.5, 0.6) is 5.75 Å². The Morgan fingerprint density at radius 2 is 1.90 bits per heavy atom. The zero-order chi connectivity index (χ0) is 21.2. The van der Waals surface area contributed by atoms with Gasteiger partial charge in [0.05, 0.1) is 22.5 Å². The van der Waals surface area contributed by atoms with Crippen molar-refractivity contribution in [3.05, 3.63) is 53.6 Å². The number of aryl methyl sites for hydroxylation is 1. The monoisotopic (exact) mass is 416 g/mol. The lowest BCUT2D eigenvalue weighted by Gasteiger charge is -2.28. The summed E-state index contributed by atoms with van der Waals surface area (Å²) in [6, 6.07) is 12.5. The second kappa shape index (κ2) is 8.06. The van der Waals surface area contributed by atoms with Crippen molar-refractivity contribution in [1.29, 1.82) is 0 Å². The summed E-state index contributed by atoms with van der Waals surface area (Å²) in [5, 5.41) is 0. The third-order valence-electron chi connectivity index (χ3n) is 4.99. The minimum absolute atomic E-state index is 0.0296. The van der Waals surface area contributed by atoms with Crippen LogP contribution in [0, 0.1) is 12.3 Å². The highest BCUT2D eigenvalue weighted by molar-refractivity contribution is 7.91. The average Bonchev–Trinajstić information content (AvgIpc) is 2.74. The summed E-state index contributed by atoms with van der Waals surface area (Å²) >= 11 is 0. The third kappa shape index (κ3) is 4.72. The van der Waals surface area contributed by atoms with Crippen molar-refractivity contribution in [1.82, 2.24) is 0 Å². The van der Waals surface area contributed by atoms with Crippen LogP contribution < -0.4 is 14.4 Å². The van der Waals surface area contributed by atoms with Crippen LogP contribution in [0.1, 0.15) is 38.3 Å². The smallest absolute Gasteiger partial charge is 0.236 e. The van der Waals surface area contributed by atoms with E-state index >= 15 is 0 Å². The van der Waals surface area contributed by atoms with Crippen LogP contribution in [-0.4, -0.2) is 27.5 Å². The highest BCUT2D eigenvalue weighted by Crippen LogP contribution is 2.38. The van der Waals surface area contributed by atoms with Gasteiger partial charge in [-0.1, -0.05) is 31.2 Å². The Bertz CT molecular complexity index is 1020. The molecule has 0 atom stereocenters. The van der Waals surface area contributed by atoms with Crippen molar-refractivity contribution in [3.8, 4) is 5.75 Å². The van der Waals surface area contributed by atoms with Gasteiger partial charge in [0.2, 0.25) is 15.9 Å². The van der Waals surface area contributed by atoms with E-state index in [1.165, 1.54) is 0 Å². The molecule has 1 amide bonds. The second-order valence-electron chi connectivity index (χ2n) is 8.10. The fraction of sp³-hybridized carbons (Fsp3) is 0.409. The average molecular weight is 417 g/mol. The van der Waals surface area contributed by atoms with Crippen molar-refractivity contribution in [3.63, 3.8) is 0 Å². The maximum absolute atomic E-state index is 13.0. The van der Waals surface area contributed by atoms with Gasteiger partial charge in [0.1, 0.15) is 12.4 Å². The van der Waals surface area contributed by atoms with Crippen molar-refractivity contribution in [2.75, 3.05) is 22.8 Å². The van der Waals surface area contributed by atoms with Gasteiger partial charge in [0.15, 0.2) is 0 Å². The topological polar surface area (TPSA) is 75.7 Å². The quantitative estimate of drug-likeness (QED) is 0.769.